The maximum atomic E-state index is 10.8. The van der Waals surface area contributed by atoms with Gasteiger partial charge in [-0.1, -0.05) is 12.1 Å². The molecule has 0 heterocycles. The van der Waals surface area contributed by atoms with Crippen LogP contribution in [0.1, 0.15) is 11.1 Å². The second-order valence-corrected chi connectivity index (χ2v) is 4.80. The average molecular weight is 207 g/mol. The summed E-state index contributed by atoms with van der Waals surface area (Å²) in [6, 6.07) is 8.66. The van der Waals surface area contributed by atoms with Gasteiger partial charge in [-0.05, 0) is 23.8 Å². The lowest BCUT2D eigenvalue weighted by molar-refractivity contribution is 0.610. The summed E-state index contributed by atoms with van der Waals surface area (Å²) in [6.45, 7) is 0. The Morgan fingerprint density at radius 3 is 2.29 bits per heavy atom. The van der Waals surface area contributed by atoms with Gasteiger partial charge in [-0.3, -0.25) is 0 Å². The Bertz CT molecular complexity index is 478. The molecule has 0 unspecified atom stereocenters. The molecular formula is C10H9NO2S. The van der Waals surface area contributed by atoms with Gasteiger partial charge in [-0.15, -0.1) is 0 Å². The highest BCUT2D eigenvalue weighted by Gasteiger charge is 1.94. The molecule has 0 bridgehead atoms. The van der Waals surface area contributed by atoms with Crippen LogP contribution in [0.3, 0.4) is 0 Å². The van der Waals surface area contributed by atoms with Gasteiger partial charge in [-0.25, -0.2) is 8.42 Å². The second-order valence-electron chi connectivity index (χ2n) is 2.87. The molecule has 0 aromatic heterocycles. The monoisotopic (exact) mass is 207 g/mol. The largest absolute Gasteiger partial charge is 0.225 e. The van der Waals surface area contributed by atoms with Crippen LogP contribution in [0.25, 0.3) is 6.08 Å². The number of hydrogen-bond acceptors (Lipinski definition) is 3. The van der Waals surface area contributed by atoms with Crippen molar-refractivity contribution in [2.75, 3.05) is 6.26 Å². The van der Waals surface area contributed by atoms with Crippen LogP contribution in [0, 0.1) is 11.3 Å². The second kappa shape index (κ2) is 4.07. The molecule has 1 aromatic carbocycles. The molecule has 0 amide bonds. The summed E-state index contributed by atoms with van der Waals surface area (Å²) in [7, 11) is -3.08. The first-order valence-corrected chi connectivity index (χ1v) is 5.85. The number of hydrogen-bond donors (Lipinski definition) is 0. The molecule has 1 rings (SSSR count). The number of benzene rings is 1. The third-order valence-corrected chi connectivity index (χ3v) is 2.18. The van der Waals surface area contributed by atoms with Crippen LogP contribution in [0.2, 0.25) is 0 Å². The van der Waals surface area contributed by atoms with Gasteiger partial charge < -0.3 is 0 Å². The van der Waals surface area contributed by atoms with Gasteiger partial charge >= 0.3 is 0 Å². The van der Waals surface area contributed by atoms with E-state index >= 15 is 0 Å². The molecule has 0 atom stereocenters. The van der Waals surface area contributed by atoms with Crippen LogP contribution >= 0.6 is 0 Å². The summed E-state index contributed by atoms with van der Waals surface area (Å²) in [5.41, 5.74) is 1.32. The van der Waals surface area contributed by atoms with Crippen LogP contribution in [0.5, 0.6) is 0 Å². The fraction of sp³-hybridized carbons (Fsp3) is 0.100. The Hall–Kier alpha value is -1.60. The zero-order chi connectivity index (χ0) is 10.6. The van der Waals surface area contributed by atoms with Crippen molar-refractivity contribution in [2.45, 2.75) is 0 Å². The van der Waals surface area contributed by atoms with Crippen molar-refractivity contribution in [3.8, 4) is 6.07 Å². The Morgan fingerprint density at radius 2 is 1.86 bits per heavy atom. The third kappa shape index (κ3) is 3.42. The first-order chi connectivity index (χ1) is 6.51. The van der Waals surface area contributed by atoms with E-state index in [0.29, 0.717) is 5.56 Å². The van der Waals surface area contributed by atoms with E-state index in [9.17, 15) is 8.42 Å². The number of nitrogens with zero attached hydrogens (tertiary/aromatic N) is 1. The van der Waals surface area contributed by atoms with Crippen LogP contribution in [0.15, 0.2) is 29.7 Å². The summed E-state index contributed by atoms with van der Waals surface area (Å²) < 4.78 is 21.6. The van der Waals surface area contributed by atoms with E-state index in [4.69, 9.17) is 5.26 Å². The molecule has 0 fully saturated rings. The highest BCUT2D eigenvalue weighted by molar-refractivity contribution is 7.93. The highest BCUT2D eigenvalue weighted by Crippen LogP contribution is 2.05. The fourth-order valence-corrected chi connectivity index (χ4v) is 1.28. The van der Waals surface area contributed by atoms with Gasteiger partial charge in [0, 0.05) is 11.7 Å². The molecule has 0 radical (unpaired) electrons. The van der Waals surface area contributed by atoms with E-state index < -0.39 is 9.84 Å². The molecule has 0 saturated heterocycles. The lowest BCUT2D eigenvalue weighted by atomic mass is 10.1. The van der Waals surface area contributed by atoms with E-state index in [2.05, 4.69) is 0 Å². The van der Waals surface area contributed by atoms with Crippen molar-refractivity contribution in [3.05, 3.63) is 40.8 Å². The average Bonchev–Trinajstić information content (AvgIpc) is 2.14. The van der Waals surface area contributed by atoms with E-state index in [1.807, 2.05) is 6.07 Å². The minimum Gasteiger partial charge on any atom is -0.225 e. The first kappa shape index (κ1) is 10.5. The summed E-state index contributed by atoms with van der Waals surface area (Å²) in [6.07, 6.45) is 2.63. The summed E-state index contributed by atoms with van der Waals surface area (Å²) in [5.74, 6) is 0. The van der Waals surface area contributed by atoms with Crippen LogP contribution in [0.4, 0.5) is 0 Å². The van der Waals surface area contributed by atoms with E-state index in [0.717, 1.165) is 17.2 Å². The Morgan fingerprint density at radius 1 is 1.29 bits per heavy atom. The topological polar surface area (TPSA) is 57.9 Å². The SMILES string of the molecule is CS(=O)(=O)/C=C\c1ccc(C#N)cc1. The summed E-state index contributed by atoms with van der Waals surface area (Å²) in [5, 5.41) is 9.66. The van der Waals surface area contributed by atoms with Crippen molar-refractivity contribution < 1.29 is 8.42 Å². The molecule has 0 aliphatic rings. The Balaban J connectivity index is 2.91. The van der Waals surface area contributed by atoms with E-state index in [1.165, 1.54) is 6.08 Å². The predicted octanol–water partition coefficient (Wildman–Crippen LogP) is 1.57. The molecule has 0 aliphatic carbocycles. The van der Waals surface area contributed by atoms with E-state index in [1.54, 1.807) is 24.3 Å². The number of nitriles is 1. The minimum absolute atomic E-state index is 0.557. The predicted molar refractivity (Wildman–Crippen MR) is 55.0 cm³/mol. The van der Waals surface area contributed by atoms with Crippen LogP contribution in [-0.2, 0) is 9.84 Å². The molecule has 4 heteroatoms. The normalized spacial score (nSPS) is 11.4. The van der Waals surface area contributed by atoms with Gasteiger partial charge in [0.1, 0.15) is 0 Å². The van der Waals surface area contributed by atoms with Gasteiger partial charge in [0.05, 0.1) is 11.6 Å². The fourth-order valence-electron chi connectivity index (χ4n) is 0.871. The quantitative estimate of drug-likeness (QED) is 0.739. The van der Waals surface area contributed by atoms with E-state index in [-0.39, 0.29) is 0 Å². The lowest BCUT2D eigenvalue weighted by Crippen LogP contribution is -1.87. The Kier molecular flexibility index (Phi) is 3.05. The molecule has 14 heavy (non-hydrogen) atoms. The minimum atomic E-state index is -3.08. The maximum Gasteiger partial charge on any atom is 0.168 e. The van der Waals surface area contributed by atoms with Gasteiger partial charge in [0.2, 0.25) is 0 Å². The van der Waals surface area contributed by atoms with Crippen molar-refractivity contribution in [1.29, 1.82) is 5.26 Å². The van der Waals surface area contributed by atoms with Crippen LogP contribution in [-0.4, -0.2) is 14.7 Å². The molecule has 0 N–H and O–H groups in total. The number of rotatable bonds is 2. The molecule has 72 valence electrons. The first-order valence-electron chi connectivity index (χ1n) is 3.89. The smallest absolute Gasteiger partial charge is 0.168 e. The van der Waals surface area contributed by atoms with Gasteiger partial charge in [0.15, 0.2) is 9.84 Å². The molecule has 0 spiro atoms. The van der Waals surface area contributed by atoms with Crippen LogP contribution < -0.4 is 0 Å². The maximum absolute atomic E-state index is 10.8. The summed E-state index contributed by atoms with van der Waals surface area (Å²) in [4.78, 5) is 0. The zero-order valence-corrected chi connectivity index (χ0v) is 8.45. The lowest BCUT2D eigenvalue weighted by Gasteiger charge is -1.92. The molecule has 3 nitrogen and oxygen atoms in total. The highest BCUT2D eigenvalue weighted by atomic mass is 32.2. The Labute approximate surface area is 83.2 Å². The zero-order valence-electron chi connectivity index (χ0n) is 7.64. The standard InChI is InChI=1S/C10H9NO2S/c1-14(12,13)7-6-9-2-4-10(8-11)5-3-9/h2-7H,1H3/b7-6-. The van der Waals surface area contributed by atoms with Crippen molar-refractivity contribution in [3.63, 3.8) is 0 Å². The molecule has 0 saturated carbocycles. The third-order valence-electron chi connectivity index (χ3n) is 1.55. The molecule has 0 aliphatic heterocycles. The summed E-state index contributed by atoms with van der Waals surface area (Å²) >= 11 is 0. The number of sulfone groups is 1. The molecular weight excluding hydrogens is 198 g/mol. The van der Waals surface area contributed by atoms with Crippen molar-refractivity contribution in [2.24, 2.45) is 0 Å². The van der Waals surface area contributed by atoms with Crippen molar-refractivity contribution >= 4 is 15.9 Å². The van der Waals surface area contributed by atoms with Gasteiger partial charge in [0.25, 0.3) is 0 Å². The molecule has 1 aromatic rings. The van der Waals surface area contributed by atoms with Crippen molar-refractivity contribution in [1.82, 2.24) is 0 Å². The van der Waals surface area contributed by atoms with Gasteiger partial charge in [-0.2, -0.15) is 5.26 Å².